The van der Waals surface area contributed by atoms with Gasteiger partial charge in [-0.3, -0.25) is 4.79 Å². The lowest BCUT2D eigenvalue weighted by Gasteiger charge is -2.18. The van der Waals surface area contributed by atoms with Gasteiger partial charge in [0.1, 0.15) is 5.75 Å². The SMILES string of the molecule is C/C=C/C(C)=C/C(=O)O.CC1=CC(C)(C)COc2ccc(C(=O)c3ccc(Cl)cc3)cc21. The van der Waals surface area contributed by atoms with Crippen molar-refractivity contribution in [3.63, 3.8) is 0 Å². The predicted molar refractivity (Wildman–Crippen MR) is 130 cm³/mol. The number of fused-ring (bicyclic) bond motifs is 1. The zero-order chi connectivity index (χ0) is 23.9. The molecule has 32 heavy (non-hydrogen) atoms. The van der Waals surface area contributed by atoms with Crippen LogP contribution in [-0.2, 0) is 4.79 Å². The number of carboxylic acids is 1. The van der Waals surface area contributed by atoms with Gasteiger partial charge in [-0.1, -0.05) is 43.7 Å². The monoisotopic (exact) mass is 452 g/mol. The van der Waals surface area contributed by atoms with Gasteiger partial charge in [-0.05, 0) is 74.4 Å². The molecular weight excluding hydrogens is 424 g/mol. The number of benzene rings is 2. The molecule has 1 aliphatic heterocycles. The van der Waals surface area contributed by atoms with Crippen LogP contribution in [0.1, 0.15) is 56.1 Å². The molecule has 3 rings (SSSR count). The fraction of sp³-hybridized carbons (Fsp3) is 0.259. The van der Waals surface area contributed by atoms with Gasteiger partial charge in [-0.15, -0.1) is 0 Å². The fourth-order valence-corrected chi connectivity index (χ4v) is 3.47. The van der Waals surface area contributed by atoms with Crippen LogP contribution in [0.25, 0.3) is 5.57 Å². The van der Waals surface area contributed by atoms with Crippen molar-refractivity contribution in [1.29, 1.82) is 0 Å². The Hall–Kier alpha value is -3.11. The third kappa shape index (κ3) is 7.24. The second-order valence-electron chi connectivity index (χ2n) is 8.38. The van der Waals surface area contributed by atoms with Crippen molar-refractivity contribution in [1.82, 2.24) is 0 Å². The van der Waals surface area contributed by atoms with E-state index in [0.717, 1.165) is 22.5 Å². The van der Waals surface area contributed by atoms with E-state index in [1.54, 1.807) is 43.3 Å². The number of rotatable bonds is 4. The highest BCUT2D eigenvalue weighted by atomic mass is 35.5. The summed E-state index contributed by atoms with van der Waals surface area (Å²) in [5, 5.41) is 8.82. The molecule has 1 N–H and O–H groups in total. The van der Waals surface area contributed by atoms with Crippen molar-refractivity contribution in [2.75, 3.05) is 6.61 Å². The average Bonchev–Trinajstić information content (AvgIpc) is 2.83. The van der Waals surface area contributed by atoms with Crippen LogP contribution in [-0.4, -0.2) is 23.5 Å². The number of carbonyl (C=O) groups excluding carboxylic acids is 1. The highest BCUT2D eigenvalue weighted by Gasteiger charge is 2.23. The van der Waals surface area contributed by atoms with Gasteiger partial charge in [-0.2, -0.15) is 0 Å². The fourth-order valence-electron chi connectivity index (χ4n) is 3.35. The van der Waals surface area contributed by atoms with Crippen LogP contribution in [0.2, 0.25) is 5.02 Å². The molecule has 5 heteroatoms. The Kier molecular flexibility index (Phi) is 8.62. The number of hydrogen-bond acceptors (Lipinski definition) is 3. The summed E-state index contributed by atoms with van der Waals surface area (Å²) in [6, 6.07) is 12.6. The molecular formula is C27H29ClO4. The van der Waals surface area contributed by atoms with Crippen LogP contribution in [0.15, 0.2) is 72.3 Å². The zero-order valence-electron chi connectivity index (χ0n) is 19.1. The van der Waals surface area contributed by atoms with E-state index in [1.807, 2.05) is 25.1 Å². The molecule has 0 aliphatic carbocycles. The van der Waals surface area contributed by atoms with Crippen molar-refractivity contribution >= 4 is 28.9 Å². The maximum atomic E-state index is 12.7. The normalized spacial score (nSPS) is 14.9. The summed E-state index contributed by atoms with van der Waals surface area (Å²) in [6.07, 6.45) is 6.91. The molecule has 0 bridgehead atoms. The smallest absolute Gasteiger partial charge is 0.328 e. The lowest BCUT2D eigenvalue weighted by atomic mass is 9.90. The first-order valence-corrected chi connectivity index (χ1v) is 10.7. The van der Waals surface area contributed by atoms with Gasteiger partial charge in [-0.25, -0.2) is 4.79 Å². The van der Waals surface area contributed by atoms with E-state index in [1.165, 1.54) is 6.08 Å². The maximum absolute atomic E-state index is 12.7. The molecule has 0 amide bonds. The summed E-state index contributed by atoms with van der Waals surface area (Å²) < 4.78 is 5.91. The minimum Gasteiger partial charge on any atom is -0.492 e. The number of carbonyl (C=O) groups is 2. The number of allylic oxidation sites excluding steroid dienone is 4. The summed E-state index contributed by atoms with van der Waals surface area (Å²) >= 11 is 5.89. The Morgan fingerprint density at radius 1 is 1.09 bits per heavy atom. The number of carboxylic acid groups (broad SMARTS) is 1. The molecule has 0 spiro atoms. The van der Waals surface area contributed by atoms with E-state index in [9.17, 15) is 9.59 Å². The molecule has 0 saturated heterocycles. The molecule has 1 aliphatic rings. The molecule has 1 heterocycles. The Morgan fingerprint density at radius 2 is 1.72 bits per heavy atom. The van der Waals surface area contributed by atoms with Gasteiger partial charge in [0.05, 0.1) is 6.61 Å². The van der Waals surface area contributed by atoms with Crippen LogP contribution in [0.4, 0.5) is 0 Å². The van der Waals surface area contributed by atoms with E-state index < -0.39 is 5.97 Å². The van der Waals surface area contributed by atoms with Crippen molar-refractivity contribution < 1.29 is 19.4 Å². The molecule has 2 aromatic rings. The molecule has 168 valence electrons. The molecule has 2 aromatic carbocycles. The van der Waals surface area contributed by atoms with E-state index in [2.05, 4.69) is 26.8 Å². The summed E-state index contributed by atoms with van der Waals surface area (Å²) in [5.41, 5.74) is 4.13. The summed E-state index contributed by atoms with van der Waals surface area (Å²) in [6.45, 7) is 10.6. The lowest BCUT2D eigenvalue weighted by Crippen LogP contribution is -2.17. The molecule has 0 aromatic heterocycles. The summed E-state index contributed by atoms with van der Waals surface area (Å²) in [4.78, 5) is 22.6. The molecule has 0 saturated carbocycles. The van der Waals surface area contributed by atoms with Gasteiger partial charge in [0.25, 0.3) is 0 Å². The lowest BCUT2D eigenvalue weighted by molar-refractivity contribution is -0.131. The van der Waals surface area contributed by atoms with Crippen LogP contribution < -0.4 is 4.74 Å². The van der Waals surface area contributed by atoms with Crippen LogP contribution >= 0.6 is 11.6 Å². The van der Waals surface area contributed by atoms with Crippen molar-refractivity contribution in [2.45, 2.75) is 34.6 Å². The number of halogens is 1. The van der Waals surface area contributed by atoms with Gasteiger partial charge in [0.15, 0.2) is 5.78 Å². The first-order chi connectivity index (χ1) is 15.0. The van der Waals surface area contributed by atoms with E-state index in [0.29, 0.717) is 22.8 Å². The molecule has 0 unspecified atom stereocenters. The van der Waals surface area contributed by atoms with Gasteiger partial charge < -0.3 is 9.84 Å². The maximum Gasteiger partial charge on any atom is 0.328 e. The van der Waals surface area contributed by atoms with Gasteiger partial charge >= 0.3 is 5.97 Å². The third-order valence-electron chi connectivity index (χ3n) is 4.76. The number of hydrogen-bond donors (Lipinski definition) is 1. The Balaban J connectivity index is 0.000000344. The highest BCUT2D eigenvalue weighted by Crippen LogP contribution is 2.35. The first-order valence-electron chi connectivity index (χ1n) is 10.3. The van der Waals surface area contributed by atoms with Gasteiger partial charge in [0.2, 0.25) is 0 Å². The Labute approximate surface area is 194 Å². The third-order valence-corrected chi connectivity index (χ3v) is 5.01. The van der Waals surface area contributed by atoms with Gasteiger partial charge in [0, 0.05) is 33.2 Å². The average molecular weight is 453 g/mol. The molecule has 0 atom stereocenters. The highest BCUT2D eigenvalue weighted by molar-refractivity contribution is 6.30. The van der Waals surface area contributed by atoms with Crippen LogP contribution in [0.5, 0.6) is 5.75 Å². The zero-order valence-corrected chi connectivity index (χ0v) is 19.9. The quantitative estimate of drug-likeness (QED) is 0.308. The van der Waals surface area contributed by atoms with E-state index in [-0.39, 0.29) is 11.2 Å². The van der Waals surface area contributed by atoms with E-state index in [4.69, 9.17) is 21.4 Å². The Morgan fingerprint density at radius 3 is 2.31 bits per heavy atom. The Bertz CT molecular complexity index is 1070. The topological polar surface area (TPSA) is 63.6 Å². The van der Waals surface area contributed by atoms with Crippen LogP contribution in [0, 0.1) is 5.41 Å². The number of ether oxygens (including phenoxy) is 1. The van der Waals surface area contributed by atoms with Crippen molar-refractivity contribution in [2.24, 2.45) is 5.41 Å². The minimum atomic E-state index is -0.898. The standard InChI is InChI=1S/C20H19ClO2.C7H10O2/c1-13-11-20(2,3)12-23-18-9-6-15(10-17(13)18)19(22)14-4-7-16(21)8-5-14;1-3-4-6(2)5-7(8)9/h4-11H,12H2,1-3H3;3-5H,1-2H3,(H,8,9)/b;4-3+,6-5+. The van der Waals surface area contributed by atoms with Crippen LogP contribution in [0.3, 0.4) is 0 Å². The largest absolute Gasteiger partial charge is 0.492 e. The second-order valence-corrected chi connectivity index (χ2v) is 8.81. The van der Waals surface area contributed by atoms with Crippen molar-refractivity contribution in [3.8, 4) is 5.75 Å². The first kappa shape index (κ1) is 25.2. The number of ketones is 1. The minimum absolute atomic E-state index is 0.0132. The number of aliphatic carboxylic acids is 1. The second kappa shape index (κ2) is 11.0. The molecule has 0 radical (unpaired) electrons. The predicted octanol–water partition coefficient (Wildman–Crippen LogP) is 6.99. The van der Waals surface area contributed by atoms with Crippen molar-refractivity contribution in [3.05, 3.63) is 94.1 Å². The summed E-state index contributed by atoms with van der Waals surface area (Å²) in [7, 11) is 0. The van der Waals surface area contributed by atoms with E-state index >= 15 is 0 Å². The summed E-state index contributed by atoms with van der Waals surface area (Å²) in [5.74, 6) is -0.0802. The molecule has 4 nitrogen and oxygen atoms in total. The molecule has 0 fully saturated rings.